The average molecular weight is 480 g/mol. The van der Waals surface area contributed by atoms with Crippen LogP contribution in [0.2, 0.25) is 0 Å². The normalized spacial score (nSPS) is 21.2. The predicted molar refractivity (Wildman–Crippen MR) is 129 cm³/mol. The van der Waals surface area contributed by atoms with Gasteiger partial charge in [-0.1, -0.05) is 0 Å². The Balaban J connectivity index is 1.21. The summed E-state index contributed by atoms with van der Waals surface area (Å²) in [6, 6.07) is 10.5. The van der Waals surface area contributed by atoms with Crippen LogP contribution in [0.3, 0.4) is 0 Å². The number of nitrogens with one attached hydrogen (secondary N) is 1. The van der Waals surface area contributed by atoms with Crippen molar-refractivity contribution in [3.8, 4) is 17.4 Å². The van der Waals surface area contributed by atoms with Gasteiger partial charge < -0.3 is 29.7 Å². The Hall–Kier alpha value is -3.43. The van der Waals surface area contributed by atoms with E-state index in [4.69, 9.17) is 14.2 Å². The Morgan fingerprint density at radius 1 is 1.06 bits per heavy atom. The molecule has 3 N–H and O–H groups in total. The maximum absolute atomic E-state index is 12.9. The van der Waals surface area contributed by atoms with Crippen molar-refractivity contribution in [3.05, 3.63) is 48.2 Å². The standard InChI is InChI=1S/C26H29N3O6/c1-33-22-9-7-19-23(29-22)18(10-11-27-19)25(31)24(30)15-2-4-16(5-3-15)26(32)28-17-6-8-20-21(14-17)35-13-12-34-20/h6-11,14-16,24-25,30-31H,2-5,12-13H2,1H3,(H,28,32)/t15-,16-,24-,25-/m1/s1. The quantitative estimate of drug-likeness (QED) is 0.492. The van der Waals surface area contributed by atoms with Crippen molar-refractivity contribution >= 4 is 22.6 Å². The van der Waals surface area contributed by atoms with E-state index in [0.29, 0.717) is 78.6 Å². The molecule has 1 fully saturated rings. The van der Waals surface area contributed by atoms with Gasteiger partial charge in [-0.25, -0.2) is 4.98 Å². The minimum Gasteiger partial charge on any atom is -0.486 e. The van der Waals surface area contributed by atoms with E-state index in [0.717, 1.165) is 0 Å². The summed E-state index contributed by atoms with van der Waals surface area (Å²) in [4.78, 5) is 21.6. The first-order valence-electron chi connectivity index (χ1n) is 11.9. The number of rotatable bonds is 6. The minimum atomic E-state index is -1.12. The van der Waals surface area contributed by atoms with Crippen LogP contribution < -0.4 is 19.5 Å². The number of hydrogen-bond donors (Lipinski definition) is 3. The molecule has 1 amide bonds. The molecule has 1 aliphatic heterocycles. The van der Waals surface area contributed by atoms with Crippen LogP contribution >= 0.6 is 0 Å². The van der Waals surface area contributed by atoms with Crippen molar-refractivity contribution in [2.24, 2.45) is 11.8 Å². The predicted octanol–water partition coefficient (Wildman–Crippen LogP) is 3.25. The number of carbonyl (C=O) groups is 1. The zero-order valence-corrected chi connectivity index (χ0v) is 19.5. The van der Waals surface area contributed by atoms with E-state index in [2.05, 4.69) is 15.3 Å². The maximum atomic E-state index is 12.9. The number of aliphatic hydroxyl groups excluding tert-OH is 2. The lowest BCUT2D eigenvalue weighted by Gasteiger charge is -2.33. The third kappa shape index (κ3) is 4.87. The van der Waals surface area contributed by atoms with Crippen molar-refractivity contribution < 1.29 is 29.2 Å². The molecule has 2 aliphatic rings. The number of hydrogen-bond acceptors (Lipinski definition) is 8. The van der Waals surface area contributed by atoms with Gasteiger partial charge in [0, 0.05) is 35.5 Å². The highest BCUT2D eigenvalue weighted by Crippen LogP contribution is 2.37. The van der Waals surface area contributed by atoms with E-state index in [9.17, 15) is 15.0 Å². The number of methoxy groups -OCH3 is 1. The molecule has 1 saturated carbocycles. The number of pyridine rings is 2. The lowest BCUT2D eigenvalue weighted by Crippen LogP contribution is -2.34. The molecule has 5 rings (SSSR count). The van der Waals surface area contributed by atoms with Gasteiger partial charge in [-0.05, 0) is 55.9 Å². The molecule has 3 aromatic rings. The molecule has 9 heteroatoms. The number of aliphatic hydroxyl groups is 2. The number of carbonyl (C=O) groups excluding carboxylic acids is 1. The number of ether oxygens (including phenoxy) is 3. The molecule has 0 unspecified atom stereocenters. The molecule has 1 aliphatic carbocycles. The Labute approximate surface area is 203 Å². The summed E-state index contributed by atoms with van der Waals surface area (Å²) in [6.45, 7) is 1.01. The van der Waals surface area contributed by atoms with Crippen LogP contribution in [-0.4, -0.2) is 52.5 Å². The van der Waals surface area contributed by atoms with Gasteiger partial charge >= 0.3 is 0 Å². The van der Waals surface area contributed by atoms with Gasteiger partial charge in [0.15, 0.2) is 11.5 Å². The third-order valence-corrected chi connectivity index (χ3v) is 6.88. The number of nitrogens with zero attached hydrogens (tertiary/aromatic N) is 2. The Kier molecular flexibility index (Phi) is 6.70. The van der Waals surface area contributed by atoms with Crippen LogP contribution in [0.25, 0.3) is 11.0 Å². The Morgan fingerprint density at radius 3 is 2.60 bits per heavy atom. The van der Waals surface area contributed by atoms with Crippen molar-refractivity contribution in [3.63, 3.8) is 0 Å². The molecule has 0 saturated heterocycles. The highest BCUT2D eigenvalue weighted by atomic mass is 16.6. The second-order valence-electron chi connectivity index (χ2n) is 9.02. The van der Waals surface area contributed by atoms with Crippen molar-refractivity contribution in [2.45, 2.75) is 37.9 Å². The zero-order valence-electron chi connectivity index (χ0n) is 19.5. The fourth-order valence-electron chi connectivity index (χ4n) is 4.91. The molecule has 2 aromatic heterocycles. The third-order valence-electron chi connectivity index (χ3n) is 6.88. The fraction of sp³-hybridized carbons (Fsp3) is 0.423. The van der Waals surface area contributed by atoms with E-state index in [-0.39, 0.29) is 17.7 Å². The molecule has 9 nitrogen and oxygen atoms in total. The van der Waals surface area contributed by atoms with Crippen molar-refractivity contribution in [1.82, 2.24) is 9.97 Å². The topological polar surface area (TPSA) is 123 Å². The molecular weight excluding hydrogens is 450 g/mol. The van der Waals surface area contributed by atoms with Crippen LogP contribution in [0.15, 0.2) is 42.6 Å². The summed E-state index contributed by atoms with van der Waals surface area (Å²) in [6.07, 6.45) is 2.04. The second kappa shape index (κ2) is 10.1. The Morgan fingerprint density at radius 2 is 1.83 bits per heavy atom. The van der Waals surface area contributed by atoms with Gasteiger partial charge in [0.2, 0.25) is 11.8 Å². The lowest BCUT2D eigenvalue weighted by atomic mass is 9.77. The van der Waals surface area contributed by atoms with E-state index in [1.54, 1.807) is 42.6 Å². The van der Waals surface area contributed by atoms with Gasteiger partial charge in [0.1, 0.15) is 19.3 Å². The summed E-state index contributed by atoms with van der Waals surface area (Å²) < 4.78 is 16.3. The summed E-state index contributed by atoms with van der Waals surface area (Å²) in [7, 11) is 1.53. The molecule has 0 radical (unpaired) electrons. The van der Waals surface area contributed by atoms with Crippen molar-refractivity contribution in [1.29, 1.82) is 0 Å². The van der Waals surface area contributed by atoms with Crippen LogP contribution in [-0.2, 0) is 4.79 Å². The van der Waals surface area contributed by atoms with E-state index in [1.807, 2.05) is 0 Å². The largest absolute Gasteiger partial charge is 0.486 e. The number of fused-ring (bicyclic) bond motifs is 2. The molecule has 0 spiro atoms. The summed E-state index contributed by atoms with van der Waals surface area (Å²) in [5, 5.41) is 25.0. The van der Waals surface area contributed by atoms with Gasteiger partial charge in [-0.3, -0.25) is 9.78 Å². The molecule has 2 atom stereocenters. The minimum absolute atomic E-state index is 0.0495. The van der Waals surface area contributed by atoms with Crippen LogP contribution in [0.1, 0.15) is 37.4 Å². The monoisotopic (exact) mass is 479 g/mol. The molecule has 184 valence electrons. The molecular formula is C26H29N3O6. The second-order valence-corrected chi connectivity index (χ2v) is 9.02. The zero-order chi connectivity index (χ0) is 24.4. The van der Waals surface area contributed by atoms with Crippen LogP contribution in [0, 0.1) is 11.8 Å². The van der Waals surface area contributed by atoms with Gasteiger partial charge in [0.25, 0.3) is 0 Å². The molecule has 1 aromatic carbocycles. The first-order valence-corrected chi connectivity index (χ1v) is 11.9. The molecule has 35 heavy (non-hydrogen) atoms. The van der Waals surface area contributed by atoms with Crippen LogP contribution in [0.4, 0.5) is 5.69 Å². The SMILES string of the molecule is COc1ccc2nccc([C@@H](O)[C@H](O)[C@H]3CC[C@H](C(=O)Nc4ccc5c(c4)OCCO5)CC3)c2n1. The first-order chi connectivity index (χ1) is 17.0. The van der Waals surface area contributed by atoms with Crippen LogP contribution in [0.5, 0.6) is 17.4 Å². The highest BCUT2D eigenvalue weighted by molar-refractivity contribution is 5.93. The van der Waals surface area contributed by atoms with Crippen molar-refractivity contribution in [2.75, 3.05) is 25.6 Å². The van der Waals surface area contributed by atoms with E-state index >= 15 is 0 Å². The number of anilines is 1. The van der Waals surface area contributed by atoms with Gasteiger partial charge in [-0.15, -0.1) is 0 Å². The summed E-state index contributed by atoms with van der Waals surface area (Å²) in [5.41, 5.74) is 2.31. The first kappa shape index (κ1) is 23.3. The number of aromatic nitrogens is 2. The molecule has 0 bridgehead atoms. The number of amides is 1. The molecule has 3 heterocycles. The summed E-state index contributed by atoms with van der Waals surface area (Å²) >= 11 is 0. The van der Waals surface area contributed by atoms with E-state index in [1.165, 1.54) is 7.11 Å². The maximum Gasteiger partial charge on any atom is 0.227 e. The highest BCUT2D eigenvalue weighted by Gasteiger charge is 2.34. The van der Waals surface area contributed by atoms with E-state index < -0.39 is 12.2 Å². The Bertz CT molecular complexity index is 1210. The average Bonchev–Trinajstić information content (AvgIpc) is 2.91. The number of benzene rings is 1. The fourth-order valence-corrected chi connectivity index (χ4v) is 4.91. The lowest BCUT2D eigenvalue weighted by molar-refractivity contribution is -0.121. The smallest absolute Gasteiger partial charge is 0.227 e. The summed E-state index contributed by atoms with van der Waals surface area (Å²) in [5.74, 6) is 1.39. The van der Waals surface area contributed by atoms with Gasteiger partial charge in [0.05, 0.1) is 24.2 Å². The van der Waals surface area contributed by atoms with Gasteiger partial charge in [-0.2, -0.15) is 0 Å².